The second kappa shape index (κ2) is 52.5. The molecule has 0 radical (unpaired) electrons. The number of likely N-dealkylation sites (N-methyl/N-ethyl adjacent to an activating group) is 1. The number of nitrogens with zero attached hydrogens (tertiary/aromatic N) is 1. The minimum atomic E-state index is -4.65. The standard InChI is InChI=1S/C62H106NO8P/c1-6-8-10-12-14-16-18-20-22-24-26-27-28-29-30-31-32-33-34-35-37-39-41-43-45-47-49-51-53-55-62(65)71-60(59-70-72(66,67)69-57-56-63(3,4)5)58-68-61(64)54-52-50-48-46-44-42-40-38-36-25-23-21-19-17-15-13-11-9-7-2/h8,10,14-17,20-23,26-27,29-30,32-33,36,38,60H,6-7,9,11-13,18-19,24-25,28,31,34-35,37,39-59H2,1-5H3/b10-8-,16-14-,17-15-,22-20-,23-21-,27-26-,30-29-,33-32-,38-36-. The van der Waals surface area contributed by atoms with Gasteiger partial charge in [0.15, 0.2) is 6.10 Å². The zero-order valence-electron chi connectivity index (χ0n) is 46.6. The largest absolute Gasteiger partial charge is 0.756 e. The fraction of sp³-hybridized carbons (Fsp3) is 0.677. The smallest absolute Gasteiger partial charge is 0.306 e. The lowest BCUT2D eigenvalue weighted by molar-refractivity contribution is -0.870. The van der Waals surface area contributed by atoms with E-state index in [1.54, 1.807) is 0 Å². The number of ether oxygens (including phenoxy) is 2. The predicted octanol–water partition coefficient (Wildman–Crippen LogP) is 17.2. The molecule has 0 aliphatic rings. The van der Waals surface area contributed by atoms with Gasteiger partial charge in [0, 0.05) is 12.8 Å². The summed E-state index contributed by atoms with van der Waals surface area (Å²) in [4.78, 5) is 37.9. The molecule has 0 aromatic carbocycles. The number of carbonyl (C=O) groups excluding carboxylic acids is 2. The average molecular weight is 1020 g/mol. The SMILES string of the molecule is CC/C=C\C/C=C\C/C=C\C/C=C\C/C=C\C/C=C\CCCCCCCCCCCCC(=O)OC(COC(=O)CCCCCCCC/C=C\C/C=C\C/C=C\CCCCC)COP(=O)([O-])OCC[N+](C)(C)C. The summed E-state index contributed by atoms with van der Waals surface area (Å²) in [6.45, 7) is 4.07. The van der Waals surface area contributed by atoms with Crippen LogP contribution in [0.5, 0.6) is 0 Å². The van der Waals surface area contributed by atoms with Gasteiger partial charge in [-0.05, 0) is 103 Å². The molecule has 412 valence electrons. The molecule has 0 aliphatic carbocycles. The third-order valence-electron chi connectivity index (χ3n) is 11.8. The number of quaternary nitrogens is 1. The second-order valence-electron chi connectivity index (χ2n) is 19.9. The van der Waals surface area contributed by atoms with Gasteiger partial charge < -0.3 is 27.9 Å². The Morgan fingerprint density at radius 2 is 0.792 bits per heavy atom. The Morgan fingerprint density at radius 3 is 1.18 bits per heavy atom. The van der Waals surface area contributed by atoms with Crippen molar-refractivity contribution in [3.63, 3.8) is 0 Å². The van der Waals surface area contributed by atoms with E-state index in [1.165, 1.54) is 64.2 Å². The molecule has 0 bridgehead atoms. The fourth-order valence-electron chi connectivity index (χ4n) is 7.37. The lowest BCUT2D eigenvalue weighted by atomic mass is 10.0. The summed E-state index contributed by atoms with van der Waals surface area (Å²) in [5.74, 6) is -0.859. The Hall–Kier alpha value is -3.33. The summed E-state index contributed by atoms with van der Waals surface area (Å²) < 4.78 is 34.1. The Morgan fingerprint density at radius 1 is 0.444 bits per heavy atom. The van der Waals surface area contributed by atoms with E-state index in [4.69, 9.17) is 18.5 Å². The summed E-state index contributed by atoms with van der Waals surface area (Å²) in [6, 6.07) is 0. The van der Waals surface area contributed by atoms with Crippen LogP contribution in [-0.2, 0) is 32.7 Å². The highest BCUT2D eigenvalue weighted by Crippen LogP contribution is 2.38. The van der Waals surface area contributed by atoms with E-state index in [0.29, 0.717) is 23.9 Å². The first-order valence-electron chi connectivity index (χ1n) is 28.6. The van der Waals surface area contributed by atoms with Crippen LogP contribution in [0.2, 0.25) is 0 Å². The molecule has 2 atom stereocenters. The highest BCUT2D eigenvalue weighted by molar-refractivity contribution is 7.45. The number of phosphoric ester groups is 1. The molecule has 0 spiro atoms. The Balaban J connectivity index is 4.22. The summed E-state index contributed by atoms with van der Waals surface area (Å²) in [7, 11) is 1.14. The monoisotopic (exact) mass is 1020 g/mol. The van der Waals surface area contributed by atoms with E-state index in [0.717, 1.165) is 116 Å². The van der Waals surface area contributed by atoms with Crippen molar-refractivity contribution in [1.29, 1.82) is 0 Å². The maximum absolute atomic E-state index is 12.8. The van der Waals surface area contributed by atoms with Gasteiger partial charge in [-0.3, -0.25) is 14.2 Å². The van der Waals surface area contributed by atoms with Gasteiger partial charge in [-0.1, -0.05) is 213 Å². The highest BCUT2D eigenvalue weighted by Gasteiger charge is 2.21. The molecule has 0 rings (SSSR count). The van der Waals surface area contributed by atoms with Crippen LogP contribution in [0.15, 0.2) is 109 Å². The zero-order valence-corrected chi connectivity index (χ0v) is 47.5. The van der Waals surface area contributed by atoms with Crippen LogP contribution in [0.1, 0.15) is 219 Å². The van der Waals surface area contributed by atoms with Crippen molar-refractivity contribution in [2.45, 2.75) is 225 Å². The van der Waals surface area contributed by atoms with Gasteiger partial charge in [0.05, 0.1) is 27.7 Å². The van der Waals surface area contributed by atoms with Gasteiger partial charge in [-0.25, -0.2) is 0 Å². The Kier molecular flexibility index (Phi) is 50.1. The molecule has 10 heteroatoms. The molecule has 0 aromatic heterocycles. The number of carbonyl (C=O) groups is 2. The third kappa shape index (κ3) is 56.0. The molecular weight excluding hydrogens is 918 g/mol. The van der Waals surface area contributed by atoms with Crippen molar-refractivity contribution in [3.8, 4) is 0 Å². The maximum atomic E-state index is 12.8. The van der Waals surface area contributed by atoms with Crippen LogP contribution >= 0.6 is 7.82 Å². The first kappa shape index (κ1) is 68.7. The summed E-state index contributed by atoms with van der Waals surface area (Å²) >= 11 is 0. The Bertz CT molecular complexity index is 1580. The first-order valence-corrected chi connectivity index (χ1v) is 30.1. The van der Waals surface area contributed by atoms with Gasteiger partial charge in [-0.2, -0.15) is 0 Å². The fourth-order valence-corrected chi connectivity index (χ4v) is 8.10. The number of rotatable bonds is 51. The third-order valence-corrected chi connectivity index (χ3v) is 12.7. The summed E-state index contributed by atoms with van der Waals surface area (Å²) in [5, 5.41) is 0. The lowest BCUT2D eigenvalue weighted by Crippen LogP contribution is -2.37. The molecule has 0 amide bonds. The molecule has 0 aromatic rings. The number of unbranched alkanes of at least 4 members (excludes halogenated alkanes) is 19. The molecular formula is C62H106NO8P. The highest BCUT2D eigenvalue weighted by atomic mass is 31.2. The topological polar surface area (TPSA) is 111 Å². The molecule has 0 saturated heterocycles. The molecule has 0 N–H and O–H groups in total. The minimum absolute atomic E-state index is 0.0396. The van der Waals surface area contributed by atoms with E-state index in [2.05, 4.69) is 123 Å². The quantitative estimate of drug-likeness (QED) is 0.0195. The van der Waals surface area contributed by atoms with Crippen LogP contribution in [-0.4, -0.2) is 70.0 Å². The lowest BCUT2D eigenvalue weighted by Gasteiger charge is -2.28. The van der Waals surface area contributed by atoms with E-state index in [1.807, 2.05) is 21.1 Å². The molecule has 9 nitrogen and oxygen atoms in total. The van der Waals surface area contributed by atoms with Crippen molar-refractivity contribution in [2.24, 2.45) is 0 Å². The van der Waals surface area contributed by atoms with Gasteiger partial charge in [0.2, 0.25) is 0 Å². The van der Waals surface area contributed by atoms with Crippen LogP contribution in [0, 0.1) is 0 Å². The van der Waals surface area contributed by atoms with Crippen molar-refractivity contribution in [1.82, 2.24) is 0 Å². The predicted molar refractivity (Wildman–Crippen MR) is 305 cm³/mol. The maximum Gasteiger partial charge on any atom is 0.306 e. The molecule has 0 aliphatic heterocycles. The van der Waals surface area contributed by atoms with Crippen molar-refractivity contribution < 1.29 is 42.1 Å². The van der Waals surface area contributed by atoms with Crippen LogP contribution in [0.4, 0.5) is 0 Å². The number of hydrogen-bond donors (Lipinski definition) is 0. The number of phosphoric acid groups is 1. The molecule has 0 fully saturated rings. The molecule has 72 heavy (non-hydrogen) atoms. The summed E-state index contributed by atoms with van der Waals surface area (Å²) in [6.07, 6.45) is 72.6. The van der Waals surface area contributed by atoms with Crippen molar-refractivity contribution in [3.05, 3.63) is 109 Å². The van der Waals surface area contributed by atoms with Gasteiger partial charge in [0.25, 0.3) is 7.82 Å². The van der Waals surface area contributed by atoms with E-state index >= 15 is 0 Å². The van der Waals surface area contributed by atoms with Gasteiger partial charge >= 0.3 is 11.9 Å². The normalized spacial score (nSPS) is 14.1. The number of hydrogen-bond acceptors (Lipinski definition) is 8. The van der Waals surface area contributed by atoms with E-state index < -0.39 is 32.5 Å². The number of allylic oxidation sites excluding steroid dienone is 18. The minimum Gasteiger partial charge on any atom is -0.756 e. The second-order valence-corrected chi connectivity index (χ2v) is 21.3. The van der Waals surface area contributed by atoms with Gasteiger partial charge in [0.1, 0.15) is 19.8 Å². The number of esters is 2. The van der Waals surface area contributed by atoms with Crippen LogP contribution in [0.25, 0.3) is 0 Å². The van der Waals surface area contributed by atoms with Crippen LogP contribution < -0.4 is 4.89 Å². The zero-order chi connectivity index (χ0) is 52.7. The molecule has 0 heterocycles. The average Bonchev–Trinajstić information content (AvgIpc) is 3.34. The first-order chi connectivity index (χ1) is 35.0. The van der Waals surface area contributed by atoms with Crippen LogP contribution in [0.3, 0.4) is 0 Å². The van der Waals surface area contributed by atoms with Crippen molar-refractivity contribution >= 4 is 19.8 Å². The Labute approximate surface area is 442 Å². The molecule has 0 saturated carbocycles. The van der Waals surface area contributed by atoms with Gasteiger partial charge in [-0.15, -0.1) is 0 Å². The van der Waals surface area contributed by atoms with E-state index in [-0.39, 0.29) is 26.1 Å². The molecule has 2 unspecified atom stereocenters. The van der Waals surface area contributed by atoms with Crippen molar-refractivity contribution in [2.75, 3.05) is 47.5 Å². The van der Waals surface area contributed by atoms with E-state index in [9.17, 15) is 19.0 Å². The summed E-state index contributed by atoms with van der Waals surface area (Å²) in [5.41, 5.74) is 0.